The van der Waals surface area contributed by atoms with E-state index in [9.17, 15) is 19.2 Å². The summed E-state index contributed by atoms with van der Waals surface area (Å²) in [4.78, 5) is 50.9. The number of ether oxygens (including phenoxy) is 3. The van der Waals surface area contributed by atoms with E-state index in [-0.39, 0.29) is 44.7 Å². The maximum Gasteiger partial charge on any atom is 0.331 e. The lowest BCUT2D eigenvalue weighted by Crippen LogP contribution is -2.43. The second-order valence-electron chi connectivity index (χ2n) is 7.59. The molecule has 2 amide bonds. The van der Waals surface area contributed by atoms with Gasteiger partial charge in [-0.15, -0.1) is 0 Å². The molecular weight excluding hydrogens is 420 g/mol. The summed E-state index contributed by atoms with van der Waals surface area (Å²) in [5.74, 6) is -1.66. The van der Waals surface area contributed by atoms with Gasteiger partial charge in [0.15, 0.2) is 0 Å². The smallest absolute Gasteiger partial charge is 0.331 e. The van der Waals surface area contributed by atoms with Crippen molar-refractivity contribution >= 4 is 23.8 Å². The number of morpholine rings is 1. The minimum atomic E-state index is -0.709. The topological polar surface area (TPSA) is 127 Å². The van der Waals surface area contributed by atoms with Gasteiger partial charge < -0.3 is 24.8 Å². The molecule has 0 bridgehead atoms. The van der Waals surface area contributed by atoms with Crippen molar-refractivity contribution in [2.24, 2.45) is 0 Å². The average Bonchev–Trinajstić information content (AvgIpc) is 2.79. The van der Waals surface area contributed by atoms with E-state index in [1.807, 2.05) is 4.90 Å². The lowest BCUT2D eigenvalue weighted by Gasteiger charge is -2.25. The molecule has 0 aromatic carbocycles. The van der Waals surface area contributed by atoms with Crippen LogP contribution in [-0.4, -0.2) is 112 Å². The molecule has 0 aromatic rings. The molecule has 2 N–H and O–H groups in total. The van der Waals surface area contributed by atoms with Crippen molar-refractivity contribution in [3.05, 3.63) is 12.2 Å². The fourth-order valence-electron chi connectivity index (χ4n) is 3.31. The molecule has 11 nitrogen and oxygen atoms in total. The zero-order chi connectivity index (χ0) is 23.0. The van der Waals surface area contributed by atoms with Crippen LogP contribution in [0.25, 0.3) is 0 Å². The zero-order valence-electron chi connectivity index (χ0n) is 18.5. The molecule has 0 radical (unpaired) electrons. The number of esters is 2. The predicted molar refractivity (Wildman–Crippen MR) is 115 cm³/mol. The molecule has 0 spiro atoms. The van der Waals surface area contributed by atoms with E-state index in [0.717, 1.165) is 38.1 Å². The largest absolute Gasteiger partial charge is 0.461 e. The predicted octanol–water partition coefficient (Wildman–Crippen LogP) is -1.32. The van der Waals surface area contributed by atoms with Crippen molar-refractivity contribution < 1.29 is 33.4 Å². The average molecular weight is 455 g/mol. The Balaban J connectivity index is 1.45. The van der Waals surface area contributed by atoms with Gasteiger partial charge in [-0.2, -0.15) is 0 Å². The van der Waals surface area contributed by atoms with Gasteiger partial charge in [0.25, 0.3) is 0 Å². The molecule has 11 heteroatoms. The van der Waals surface area contributed by atoms with E-state index in [4.69, 9.17) is 14.2 Å². The van der Waals surface area contributed by atoms with Gasteiger partial charge >= 0.3 is 11.9 Å². The number of carbonyl (C=O) groups excluding carboxylic acids is 4. The minimum Gasteiger partial charge on any atom is -0.461 e. The minimum absolute atomic E-state index is 0.00385. The van der Waals surface area contributed by atoms with Crippen LogP contribution in [0.2, 0.25) is 0 Å². The second-order valence-corrected chi connectivity index (χ2v) is 7.59. The maximum absolute atomic E-state index is 11.8. The lowest BCUT2D eigenvalue weighted by molar-refractivity contribution is -0.140. The van der Waals surface area contributed by atoms with E-state index in [1.165, 1.54) is 6.42 Å². The van der Waals surface area contributed by atoms with Crippen LogP contribution in [0, 0.1) is 0 Å². The molecule has 0 atom stereocenters. The van der Waals surface area contributed by atoms with Gasteiger partial charge in [0.05, 0.1) is 39.4 Å². The molecule has 2 saturated heterocycles. The lowest BCUT2D eigenvalue weighted by atomic mass is 10.1. The number of piperidine rings is 1. The molecule has 2 fully saturated rings. The fraction of sp³-hybridized carbons (Fsp3) is 0.714. The van der Waals surface area contributed by atoms with Crippen LogP contribution in [0.15, 0.2) is 12.2 Å². The maximum atomic E-state index is 11.8. The summed E-state index contributed by atoms with van der Waals surface area (Å²) < 4.78 is 15.1. The van der Waals surface area contributed by atoms with Gasteiger partial charge in [-0.1, -0.05) is 6.42 Å². The highest BCUT2D eigenvalue weighted by molar-refractivity contribution is 5.91. The molecule has 180 valence electrons. The highest BCUT2D eigenvalue weighted by atomic mass is 16.5. The Bertz CT molecular complexity index is 590. The summed E-state index contributed by atoms with van der Waals surface area (Å²) in [6.45, 7) is 5.58. The van der Waals surface area contributed by atoms with Crippen LogP contribution in [0.1, 0.15) is 19.3 Å². The van der Waals surface area contributed by atoms with Crippen molar-refractivity contribution in [1.29, 1.82) is 0 Å². The first kappa shape index (κ1) is 25.8. The monoisotopic (exact) mass is 454 g/mol. The quantitative estimate of drug-likeness (QED) is 0.210. The number of nitrogens with zero attached hydrogens (tertiary/aromatic N) is 2. The Labute approximate surface area is 188 Å². The molecule has 2 rings (SSSR count). The van der Waals surface area contributed by atoms with Gasteiger partial charge in [0, 0.05) is 25.2 Å². The molecular formula is C21H34N4O7. The summed E-state index contributed by atoms with van der Waals surface area (Å²) in [5.41, 5.74) is 0. The Morgan fingerprint density at radius 1 is 0.719 bits per heavy atom. The van der Waals surface area contributed by atoms with Crippen LogP contribution < -0.4 is 10.6 Å². The fourth-order valence-corrected chi connectivity index (χ4v) is 3.31. The van der Waals surface area contributed by atoms with E-state index in [2.05, 4.69) is 15.5 Å². The van der Waals surface area contributed by atoms with Crippen LogP contribution in [0.3, 0.4) is 0 Å². The summed E-state index contributed by atoms with van der Waals surface area (Å²) in [5, 5.41) is 5.37. The molecule has 2 aliphatic heterocycles. The van der Waals surface area contributed by atoms with Gasteiger partial charge in [0.1, 0.15) is 13.2 Å². The molecule has 0 aromatic heterocycles. The van der Waals surface area contributed by atoms with Crippen LogP contribution in [0.4, 0.5) is 0 Å². The SMILES string of the molecule is O=C(CN1CCCCC1)NCCOC(=O)/C=C/C(=O)OCCNC(=O)CN1CCOCC1. The molecule has 0 aliphatic carbocycles. The van der Waals surface area contributed by atoms with Gasteiger partial charge in [0.2, 0.25) is 11.8 Å². The van der Waals surface area contributed by atoms with E-state index < -0.39 is 11.9 Å². The highest BCUT2D eigenvalue weighted by Crippen LogP contribution is 2.07. The summed E-state index contributed by atoms with van der Waals surface area (Å²) in [7, 11) is 0. The second kappa shape index (κ2) is 15.3. The Morgan fingerprint density at radius 2 is 1.19 bits per heavy atom. The standard InChI is InChI=1S/C21H34N4O7/c26-18(16-24-8-2-1-3-9-24)22-6-12-31-20(28)4-5-21(29)32-13-7-23-19(27)17-25-10-14-30-15-11-25/h4-5H,1-3,6-17H2,(H,22,26)(H,23,27)/b5-4+. The first-order valence-electron chi connectivity index (χ1n) is 11.1. The third-order valence-corrected chi connectivity index (χ3v) is 4.98. The number of amides is 2. The van der Waals surface area contributed by atoms with Crippen molar-refractivity contribution in [2.45, 2.75) is 19.3 Å². The number of nitrogens with one attached hydrogen (secondary N) is 2. The number of likely N-dealkylation sites (tertiary alicyclic amines) is 1. The normalized spacial score (nSPS) is 17.6. The van der Waals surface area contributed by atoms with Crippen LogP contribution in [0.5, 0.6) is 0 Å². The van der Waals surface area contributed by atoms with Crippen molar-refractivity contribution in [1.82, 2.24) is 20.4 Å². The molecule has 0 saturated carbocycles. The Hall–Kier alpha value is -2.50. The number of carbonyl (C=O) groups is 4. The van der Waals surface area contributed by atoms with Crippen molar-refractivity contribution in [3.8, 4) is 0 Å². The summed E-state index contributed by atoms with van der Waals surface area (Å²) >= 11 is 0. The number of rotatable bonds is 12. The van der Waals surface area contributed by atoms with E-state index >= 15 is 0 Å². The van der Waals surface area contributed by atoms with E-state index in [1.54, 1.807) is 0 Å². The number of hydrogen-bond acceptors (Lipinski definition) is 9. The Morgan fingerprint density at radius 3 is 1.69 bits per heavy atom. The third kappa shape index (κ3) is 11.8. The zero-order valence-corrected chi connectivity index (χ0v) is 18.5. The first-order chi connectivity index (χ1) is 15.5. The molecule has 32 heavy (non-hydrogen) atoms. The summed E-state index contributed by atoms with van der Waals surface area (Å²) in [6.07, 6.45) is 5.37. The van der Waals surface area contributed by atoms with Crippen molar-refractivity contribution in [2.75, 3.05) is 78.8 Å². The van der Waals surface area contributed by atoms with Gasteiger partial charge in [-0.3, -0.25) is 19.4 Å². The van der Waals surface area contributed by atoms with E-state index in [0.29, 0.717) is 32.8 Å². The van der Waals surface area contributed by atoms with Gasteiger partial charge in [-0.25, -0.2) is 9.59 Å². The first-order valence-corrected chi connectivity index (χ1v) is 11.1. The third-order valence-electron chi connectivity index (χ3n) is 4.98. The molecule has 2 heterocycles. The number of hydrogen-bond donors (Lipinski definition) is 2. The van der Waals surface area contributed by atoms with Gasteiger partial charge in [-0.05, 0) is 25.9 Å². The molecule has 2 aliphatic rings. The highest BCUT2D eigenvalue weighted by Gasteiger charge is 2.14. The van der Waals surface area contributed by atoms with Crippen molar-refractivity contribution in [3.63, 3.8) is 0 Å². The Kier molecular flexibility index (Phi) is 12.3. The van der Waals surface area contributed by atoms with Crippen LogP contribution >= 0.6 is 0 Å². The van der Waals surface area contributed by atoms with Crippen LogP contribution in [-0.2, 0) is 33.4 Å². The molecule has 0 unspecified atom stereocenters. The summed E-state index contributed by atoms with van der Waals surface area (Å²) in [6, 6.07) is 0.